The fourth-order valence-electron chi connectivity index (χ4n) is 0.579. The van der Waals surface area contributed by atoms with E-state index >= 15 is 0 Å². The molecule has 0 N–H and O–H groups in total. The Morgan fingerprint density at radius 1 is 1.22 bits per heavy atom. The molecule has 0 rings (SSSR count). The predicted molar refractivity (Wildman–Crippen MR) is 34.5 cm³/mol. The summed E-state index contributed by atoms with van der Waals surface area (Å²) in [5, 5.41) is 0. The third kappa shape index (κ3) is 4.06. The molecule has 1 nitrogen and oxygen atoms in total. The van der Waals surface area contributed by atoms with Crippen LogP contribution in [0.5, 0.6) is 0 Å². The van der Waals surface area contributed by atoms with Crippen LogP contribution in [-0.4, -0.2) is 26.1 Å². The molecular formula is C6H11F2N. The molecule has 0 aliphatic carbocycles. The molecule has 54 valence electrons. The summed E-state index contributed by atoms with van der Waals surface area (Å²) < 4.78 is 23.1. The molecule has 0 aliphatic rings. The van der Waals surface area contributed by atoms with Gasteiger partial charge in [-0.3, -0.25) is 13.8 Å². The van der Waals surface area contributed by atoms with Crippen LogP contribution < -0.4 is 0 Å². The highest BCUT2D eigenvalue weighted by atomic mass is 19.1. The minimum atomic E-state index is -0.441. The standard InChI is InChI=1S/C6H11F2N/c1-9-6(2-4-7)3-5-8/h6H,1-5H2. The van der Waals surface area contributed by atoms with Gasteiger partial charge in [0.2, 0.25) is 0 Å². The normalized spacial score (nSPS) is 10.1. The Morgan fingerprint density at radius 2 is 1.67 bits per heavy atom. The van der Waals surface area contributed by atoms with Crippen molar-refractivity contribution in [1.29, 1.82) is 0 Å². The molecule has 0 aromatic heterocycles. The van der Waals surface area contributed by atoms with Gasteiger partial charge in [0.1, 0.15) is 0 Å². The zero-order valence-electron chi connectivity index (χ0n) is 5.32. The number of alkyl halides is 2. The lowest BCUT2D eigenvalue weighted by molar-refractivity contribution is 0.388. The molecule has 0 heterocycles. The molecule has 0 aromatic carbocycles. The maximum Gasteiger partial charge on any atom is 0.0914 e. The van der Waals surface area contributed by atoms with Gasteiger partial charge in [-0.2, -0.15) is 0 Å². The Balaban J connectivity index is 3.29. The molecule has 0 amide bonds. The van der Waals surface area contributed by atoms with E-state index in [2.05, 4.69) is 11.7 Å². The summed E-state index contributed by atoms with van der Waals surface area (Å²) in [5.41, 5.74) is 0. The minimum absolute atomic E-state index is 0.222. The Labute approximate surface area is 53.8 Å². The summed E-state index contributed by atoms with van der Waals surface area (Å²) in [7, 11) is 0. The van der Waals surface area contributed by atoms with E-state index in [-0.39, 0.29) is 6.04 Å². The molecule has 0 aliphatic heterocycles. The first-order chi connectivity index (χ1) is 4.35. The summed E-state index contributed by atoms with van der Waals surface area (Å²) in [6.07, 6.45) is 0.598. The SMILES string of the molecule is C=NC(CCF)CCF. The van der Waals surface area contributed by atoms with Crippen LogP contribution >= 0.6 is 0 Å². The van der Waals surface area contributed by atoms with Gasteiger partial charge in [0, 0.05) is 0 Å². The summed E-state index contributed by atoms with van der Waals surface area (Å²) in [5.74, 6) is 0. The average molecular weight is 135 g/mol. The molecule has 0 saturated heterocycles. The maximum atomic E-state index is 11.5. The number of rotatable bonds is 5. The molecule has 0 aromatic rings. The van der Waals surface area contributed by atoms with Crippen LogP contribution in [0, 0.1) is 0 Å². The number of halogens is 2. The van der Waals surface area contributed by atoms with E-state index in [4.69, 9.17) is 0 Å². The van der Waals surface area contributed by atoms with Crippen LogP contribution in [-0.2, 0) is 0 Å². The molecule has 0 unspecified atom stereocenters. The van der Waals surface area contributed by atoms with Crippen molar-refractivity contribution in [2.75, 3.05) is 13.3 Å². The monoisotopic (exact) mass is 135 g/mol. The second-order valence-electron chi connectivity index (χ2n) is 1.79. The quantitative estimate of drug-likeness (QED) is 0.509. The summed E-state index contributed by atoms with van der Waals surface area (Å²) in [6, 6.07) is -0.222. The molecule has 0 fully saturated rings. The zero-order chi connectivity index (χ0) is 7.11. The van der Waals surface area contributed by atoms with Gasteiger partial charge in [-0.05, 0) is 19.6 Å². The van der Waals surface area contributed by atoms with Gasteiger partial charge >= 0.3 is 0 Å². The Bertz CT molecular complexity index is 69.5. The van der Waals surface area contributed by atoms with Gasteiger partial charge < -0.3 is 0 Å². The van der Waals surface area contributed by atoms with Crippen LogP contribution in [0.25, 0.3) is 0 Å². The van der Waals surface area contributed by atoms with Crippen molar-refractivity contribution < 1.29 is 8.78 Å². The van der Waals surface area contributed by atoms with E-state index in [1.54, 1.807) is 0 Å². The van der Waals surface area contributed by atoms with Crippen molar-refractivity contribution in [3.8, 4) is 0 Å². The first kappa shape index (κ1) is 8.53. The maximum absolute atomic E-state index is 11.5. The van der Waals surface area contributed by atoms with Crippen LogP contribution in [0.15, 0.2) is 4.99 Å². The van der Waals surface area contributed by atoms with E-state index in [0.717, 1.165) is 0 Å². The third-order valence-electron chi connectivity index (χ3n) is 1.14. The lowest BCUT2D eigenvalue weighted by Crippen LogP contribution is -2.05. The highest BCUT2D eigenvalue weighted by Gasteiger charge is 2.02. The molecule has 3 heteroatoms. The van der Waals surface area contributed by atoms with E-state index in [0.29, 0.717) is 12.8 Å². The number of nitrogens with zero attached hydrogens (tertiary/aromatic N) is 1. The second-order valence-corrected chi connectivity index (χ2v) is 1.79. The Morgan fingerprint density at radius 3 is 1.89 bits per heavy atom. The first-order valence-electron chi connectivity index (χ1n) is 2.93. The van der Waals surface area contributed by atoms with Crippen molar-refractivity contribution in [3.05, 3.63) is 0 Å². The smallest absolute Gasteiger partial charge is 0.0914 e. The highest BCUT2D eigenvalue weighted by molar-refractivity contribution is 5.24. The van der Waals surface area contributed by atoms with Gasteiger partial charge in [0.15, 0.2) is 0 Å². The summed E-state index contributed by atoms with van der Waals surface area (Å²) in [4.78, 5) is 3.54. The third-order valence-corrected chi connectivity index (χ3v) is 1.14. The van der Waals surface area contributed by atoms with E-state index in [1.807, 2.05) is 0 Å². The van der Waals surface area contributed by atoms with Crippen molar-refractivity contribution in [2.24, 2.45) is 4.99 Å². The molecule has 9 heavy (non-hydrogen) atoms. The van der Waals surface area contributed by atoms with E-state index in [9.17, 15) is 8.78 Å². The number of hydrogen-bond acceptors (Lipinski definition) is 1. The lowest BCUT2D eigenvalue weighted by Gasteiger charge is -2.04. The molecule has 0 saturated carbocycles. The number of aliphatic imine (C=N–C) groups is 1. The minimum Gasteiger partial charge on any atom is -0.297 e. The van der Waals surface area contributed by atoms with Gasteiger partial charge in [-0.25, -0.2) is 0 Å². The molecular weight excluding hydrogens is 124 g/mol. The van der Waals surface area contributed by atoms with Crippen LogP contribution in [0.4, 0.5) is 8.78 Å². The molecule has 0 atom stereocenters. The molecule has 0 radical (unpaired) electrons. The van der Waals surface area contributed by atoms with Crippen molar-refractivity contribution in [3.63, 3.8) is 0 Å². The van der Waals surface area contributed by atoms with Crippen LogP contribution in [0.1, 0.15) is 12.8 Å². The fourth-order valence-corrected chi connectivity index (χ4v) is 0.579. The highest BCUT2D eigenvalue weighted by Crippen LogP contribution is 2.02. The number of hydrogen-bond donors (Lipinski definition) is 0. The summed E-state index contributed by atoms with van der Waals surface area (Å²) >= 11 is 0. The molecule has 0 spiro atoms. The Kier molecular flexibility index (Phi) is 5.37. The molecule has 0 bridgehead atoms. The first-order valence-corrected chi connectivity index (χ1v) is 2.93. The largest absolute Gasteiger partial charge is 0.297 e. The van der Waals surface area contributed by atoms with Crippen molar-refractivity contribution in [1.82, 2.24) is 0 Å². The summed E-state index contributed by atoms with van der Waals surface area (Å²) in [6.45, 7) is 2.33. The lowest BCUT2D eigenvalue weighted by atomic mass is 10.2. The average Bonchev–Trinajstić information content (AvgIpc) is 1.88. The fraction of sp³-hybridized carbons (Fsp3) is 0.833. The predicted octanol–water partition coefficient (Wildman–Crippen LogP) is 1.77. The zero-order valence-corrected chi connectivity index (χ0v) is 5.32. The van der Waals surface area contributed by atoms with Crippen molar-refractivity contribution >= 4 is 6.72 Å². The topological polar surface area (TPSA) is 12.4 Å². The van der Waals surface area contributed by atoms with Gasteiger partial charge in [-0.15, -0.1) is 0 Å². The van der Waals surface area contributed by atoms with E-state index < -0.39 is 13.3 Å². The second kappa shape index (κ2) is 5.66. The van der Waals surface area contributed by atoms with Gasteiger partial charge in [0.05, 0.1) is 19.4 Å². The van der Waals surface area contributed by atoms with E-state index in [1.165, 1.54) is 0 Å². The van der Waals surface area contributed by atoms with Gasteiger partial charge in [-0.1, -0.05) is 0 Å². The van der Waals surface area contributed by atoms with Crippen molar-refractivity contribution in [2.45, 2.75) is 18.9 Å². The van der Waals surface area contributed by atoms with Gasteiger partial charge in [0.25, 0.3) is 0 Å². The Hall–Kier alpha value is -0.470. The van der Waals surface area contributed by atoms with Crippen LogP contribution in [0.2, 0.25) is 0 Å². The van der Waals surface area contributed by atoms with Crippen LogP contribution in [0.3, 0.4) is 0 Å².